The van der Waals surface area contributed by atoms with E-state index in [0.29, 0.717) is 32.6 Å². The molecule has 4 aliphatic carbocycles. The third-order valence-corrected chi connectivity index (χ3v) is 10.2. The van der Waals surface area contributed by atoms with Crippen molar-refractivity contribution in [2.75, 3.05) is 31.2 Å². The Morgan fingerprint density at radius 3 is 2.18 bits per heavy atom. The van der Waals surface area contributed by atoms with Crippen LogP contribution in [-0.2, 0) is 9.59 Å². The zero-order chi connectivity index (χ0) is 26.5. The van der Waals surface area contributed by atoms with Crippen LogP contribution in [-0.4, -0.2) is 71.1 Å². The van der Waals surface area contributed by atoms with Gasteiger partial charge in [0.05, 0.1) is 6.67 Å². The number of carbonyl (C=O) groups excluding carboxylic acids is 3. The Morgan fingerprint density at radius 1 is 1.00 bits per heavy atom. The first-order valence-corrected chi connectivity index (χ1v) is 14.8. The average Bonchev–Trinajstić information content (AvgIpc) is 3.14. The van der Waals surface area contributed by atoms with Gasteiger partial charge in [-0.1, -0.05) is 25.1 Å². The zero-order valence-electron chi connectivity index (χ0n) is 23.0. The third kappa shape index (κ3) is 4.54. The fourth-order valence-corrected chi connectivity index (χ4v) is 8.57. The molecular formula is C30H43N5O3. The summed E-state index contributed by atoms with van der Waals surface area (Å²) in [5.74, 6) is 2.23. The maximum atomic E-state index is 13.9. The van der Waals surface area contributed by atoms with Crippen molar-refractivity contribution in [3.63, 3.8) is 0 Å². The van der Waals surface area contributed by atoms with Crippen LogP contribution in [0.5, 0.6) is 0 Å². The summed E-state index contributed by atoms with van der Waals surface area (Å²) in [7, 11) is 0. The van der Waals surface area contributed by atoms with Gasteiger partial charge in [0.2, 0.25) is 5.91 Å². The summed E-state index contributed by atoms with van der Waals surface area (Å²) >= 11 is 0. The number of benzene rings is 1. The lowest BCUT2D eigenvalue weighted by Crippen LogP contribution is -2.64. The number of hydrogen-bond acceptors (Lipinski definition) is 4. The van der Waals surface area contributed by atoms with Gasteiger partial charge in [-0.2, -0.15) is 0 Å². The molecule has 8 nitrogen and oxygen atoms in total. The van der Waals surface area contributed by atoms with Gasteiger partial charge in [-0.25, -0.2) is 4.79 Å². The van der Waals surface area contributed by atoms with Gasteiger partial charge < -0.3 is 25.3 Å². The molecule has 206 valence electrons. The topological polar surface area (TPSA) is 85.0 Å². The normalized spacial score (nSPS) is 32.1. The molecule has 2 heterocycles. The van der Waals surface area contributed by atoms with Crippen LogP contribution in [0, 0.1) is 17.8 Å². The van der Waals surface area contributed by atoms with Crippen molar-refractivity contribution in [2.24, 2.45) is 17.8 Å². The molecule has 8 heteroatoms. The van der Waals surface area contributed by atoms with Gasteiger partial charge in [0.15, 0.2) is 0 Å². The molecule has 6 fully saturated rings. The number of likely N-dealkylation sites (tertiary alicyclic amines) is 1. The maximum Gasteiger partial charge on any atom is 0.317 e. The smallest absolute Gasteiger partial charge is 0.317 e. The molecule has 4 bridgehead atoms. The molecule has 0 unspecified atom stereocenters. The number of anilines is 1. The van der Waals surface area contributed by atoms with E-state index in [0.717, 1.165) is 49.1 Å². The SMILES string of the molecule is CC[C@H](C)NC(=O)CN1CN(c2ccccc2)C2(CCN(C(=O)NC34CC5CC(CC(C5)C3)C4)CC2)C1=O. The highest BCUT2D eigenvalue weighted by atomic mass is 16.2. The predicted octanol–water partition coefficient (Wildman–Crippen LogP) is 3.72. The summed E-state index contributed by atoms with van der Waals surface area (Å²) in [4.78, 5) is 45.9. The van der Waals surface area contributed by atoms with Gasteiger partial charge in [-0.15, -0.1) is 0 Å². The monoisotopic (exact) mass is 521 g/mol. The fourth-order valence-electron chi connectivity index (χ4n) is 8.57. The second-order valence-corrected chi connectivity index (χ2v) is 12.9. The van der Waals surface area contributed by atoms with Gasteiger partial charge >= 0.3 is 6.03 Å². The highest BCUT2D eigenvalue weighted by Crippen LogP contribution is 2.55. The first-order valence-electron chi connectivity index (χ1n) is 14.8. The molecule has 4 saturated carbocycles. The number of para-hydroxylation sites is 1. The lowest BCUT2D eigenvalue weighted by atomic mass is 9.53. The molecular weight excluding hydrogens is 478 g/mol. The van der Waals surface area contributed by atoms with Crippen LogP contribution in [0.25, 0.3) is 0 Å². The second-order valence-electron chi connectivity index (χ2n) is 12.9. The molecule has 0 aromatic heterocycles. The number of hydrogen-bond donors (Lipinski definition) is 2. The Balaban J connectivity index is 1.15. The second kappa shape index (κ2) is 9.76. The van der Waals surface area contributed by atoms with Gasteiger partial charge in [0.1, 0.15) is 12.1 Å². The van der Waals surface area contributed by atoms with Crippen LogP contribution in [0.4, 0.5) is 10.5 Å². The Bertz CT molecular complexity index is 1030. The number of rotatable bonds is 6. The number of nitrogens with one attached hydrogen (secondary N) is 2. The summed E-state index contributed by atoms with van der Waals surface area (Å²) in [5, 5.41) is 6.51. The van der Waals surface area contributed by atoms with E-state index in [1.54, 1.807) is 4.90 Å². The molecule has 38 heavy (non-hydrogen) atoms. The molecule has 0 radical (unpaired) electrons. The predicted molar refractivity (Wildman–Crippen MR) is 146 cm³/mol. The first-order chi connectivity index (χ1) is 18.3. The van der Waals surface area contributed by atoms with E-state index in [4.69, 9.17) is 0 Å². The van der Waals surface area contributed by atoms with Crippen molar-refractivity contribution in [3.8, 4) is 0 Å². The zero-order valence-corrected chi connectivity index (χ0v) is 23.0. The fraction of sp³-hybridized carbons (Fsp3) is 0.700. The minimum absolute atomic E-state index is 0.00166. The minimum atomic E-state index is -0.727. The highest BCUT2D eigenvalue weighted by Gasteiger charge is 2.55. The van der Waals surface area contributed by atoms with Crippen LogP contribution in [0.2, 0.25) is 0 Å². The Morgan fingerprint density at radius 2 is 1.61 bits per heavy atom. The summed E-state index contributed by atoms with van der Waals surface area (Å²) < 4.78 is 0. The number of piperidine rings is 1. The molecule has 2 saturated heterocycles. The average molecular weight is 522 g/mol. The van der Waals surface area contributed by atoms with E-state index < -0.39 is 5.54 Å². The van der Waals surface area contributed by atoms with Gasteiger partial charge in [0.25, 0.3) is 5.91 Å². The minimum Gasteiger partial charge on any atom is -0.352 e. The molecule has 1 aromatic rings. The lowest BCUT2D eigenvalue weighted by Gasteiger charge is -2.57. The first kappa shape index (κ1) is 25.5. The quantitative estimate of drug-likeness (QED) is 0.598. The Hall–Kier alpha value is -2.77. The number of amides is 4. The molecule has 1 spiro atoms. The van der Waals surface area contributed by atoms with Gasteiger partial charge in [0, 0.05) is 30.4 Å². The van der Waals surface area contributed by atoms with Crippen molar-refractivity contribution >= 4 is 23.5 Å². The largest absolute Gasteiger partial charge is 0.352 e. The maximum absolute atomic E-state index is 13.9. The van der Waals surface area contributed by atoms with Crippen LogP contribution in [0.15, 0.2) is 30.3 Å². The number of nitrogens with zero attached hydrogens (tertiary/aromatic N) is 3. The van der Waals surface area contributed by atoms with E-state index in [9.17, 15) is 14.4 Å². The van der Waals surface area contributed by atoms with Crippen molar-refractivity contribution < 1.29 is 14.4 Å². The molecule has 1 atom stereocenters. The van der Waals surface area contributed by atoms with E-state index in [-0.39, 0.29) is 36.0 Å². The molecule has 1 aromatic carbocycles. The highest BCUT2D eigenvalue weighted by molar-refractivity contribution is 5.96. The molecule has 7 rings (SSSR count). The van der Waals surface area contributed by atoms with Crippen LogP contribution >= 0.6 is 0 Å². The Labute approximate surface area is 226 Å². The van der Waals surface area contributed by atoms with E-state index in [1.807, 2.05) is 49.1 Å². The van der Waals surface area contributed by atoms with Crippen LogP contribution in [0.1, 0.15) is 71.6 Å². The Kier molecular flexibility index (Phi) is 6.55. The number of carbonyl (C=O) groups is 3. The van der Waals surface area contributed by atoms with Crippen LogP contribution in [0.3, 0.4) is 0 Å². The van der Waals surface area contributed by atoms with Crippen molar-refractivity contribution in [1.82, 2.24) is 20.4 Å². The molecule has 6 aliphatic rings. The summed E-state index contributed by atoms with van der Waals surface area (Å²) in [6, 6.07) is 10.1. The van der Waals surface area contributed by atoms with E-state index in [2.05, 4.69) is 15.5 Å². The van der Waals surface area contributed by atoms with Gasteiger partial charge in [-0.05, 0) is 94.6 Å². The van der Waals surface area contributed by atoms with E-state index in [1.165, 1.54) is 19.3 Å². The summed E-state index contributed by atoms with van der Waals surface area (Å²) in [6.07, 6.45) is 9.45. The summed E-state index contributed by atoms with van der Waals surface area (Å²) in [6.45, 7) is 5.54. The third-order valence-electron chi connectivity index (χ3n) is 10.2. The molecule has 2 aliphatic heterocycles. The molecule has 4 amide bonds. The lowest BCUT2D eigenvalue weighted by molar-refractivity contribution is -0.137. The summed E-state index contributed by atoms with van der Waals surface area (Å²) in [5.41, 5.74) is 0.243. The van der Waals surface area contributed by atoms with E-state index >= 15 is 0 Å². The van der Waals surface area contributed by atoms with Gasteiger partial charge in [-0.3, -0.25) is 9.59 Å². The van der Waals surface area contributed by atoms with Crippen molar-refractivity contribution in [3.05, 3.63) is 30.3 Å². The van der Waals surface area contributed by atoms with Crippen molar-refractivity contribution in [1.29, 1.82) is 0 Å². The van der Waals surface area contributed by atoms with Crippen LogP contribution < -0.4 is 15.5 Å². The standard InChI is InChI=1S/C30H43N5O3/c1-3-21(2)31-26(36)19-34-20-35(25-7-5-4-6-8-25)30(27(34)37)9-11-33(12-10-30)28(38)32-29-16-22-13-23(17-29)15-24(14-22)18-29/h4-8,21-24H,3,9-20H2,1-2H3,(H,31,36)(H,32,38)/t21-,22?,23?,24?,29?/m0/s1. The number of urea groups is 1. The molecule has 2 N–H and O–H groups in total. The van der Waals surface area contributed by atoms with Crippen molar-refractivity contribution in [2.45, 2.75) is 88.8 Å².